The Morgan fingerprint density at radius 3 is 2.80 bits per heavy atom. The van der Waals surface area contributed by atoms with Gasteiger partial charge in [-0.25, -0.2) is 0 Å². The summed E-state index contributed by atoms with van der Waals surface area (Å²) in [6, 6.07) is 6.88. The molecule has 1 aromatic rings. The second-order valence-electron chi connectivity index (χ2n) is 5.28. The van der Waals surface area contributed by atoms with Crippen molar-refractivity contribution in [2.24, 2.45) is 0 Å². The topological polar surface area (TPSA) is 32.3 Å². The van der Waals surface area contributed by atoms with Gasteiger partial charge in [-0.3, -0.25) is 4.90 Å². The van der Waals surface area contributed by atoms with Crippen molar-refractivity contribution in [3.8, 4) is 0 Å². The monoisotopic (exact) mass is 274 g/mol. The Morgan fingerprint density at radius 2 is 2.20 bits per heavy atom. The van der Waals surface area contributed by atoms with Crippen molar-refractivity contribution in [1.29, 1.82) is 0 Å². The number of benzene rings is 1. The minimum atomic E-state index is 0.394. The Morgan fingerprint density at radius 1 is 1.45 bits per heavy atom. The van der Waals surface area contributed by atoms with E-state index in [0.29, 0.717) is 12.5 Å². The van der Waals surface area contributed by atoms with E-state index in [0.717, 1.165) is 25.8 Å². The maximum atomic E-state index is 10.5. The summed E-state index contributed by atoms with van der Waals surface area (Å²) in [5.74, 6) is 0. The number of hydrogen-bond donors (Lipinski definition) is 1. The smallest absolute Gasteiger partial charge is 0.120 e. The molecule has 0 saturated heterocycles. The third-order valence-corrected chi connectivity index (χ3v) is 3.68. The number of rotatable bonds is 9. The van der Waals surface area contributed by atoms with E-state index >= 15 is 0 Å². The lowest BCUT2D eigenvalue weighted by atomic mass is 10.0. The molecule has 0 aliphatic rings. The average Bonchev–Trinajstić information content (AvgIpc) is 2.45. The standard InChI is InChI=1S/C17H26N2O/c1-5-16-9-8-15(12-18-3)11-17(16)13-19(4)14(2)7-6-10-20/h5,8-11,14,18H,1,6-7,12-13H2,2-4H3. The van der Waals surface area contributed by atoms with Gasteiger partial charge in [-0.05, 0) is 44.1 Å². The fourth-order valence-corrected chi connectivity index (χ4v) is 2.26. The highest BCUT2D eigenvalue weighted by atomic mass is 16.1. The Kier molecular flexibility index (Phi) is 7.20. The molecule has 1 unspecified atom stereocenters. The van der Waals surface area contributed by atoms with E-state index in [2.05, 4.69) is 49.0 Å². The number of nitrogens with zero attached hydrogens (tertiary/aromatic N) is 1. The third-order valence-electron chi connectivity index (χ3n) is 3.68. The van der Waals surface area contributed by atoms with Gasteiger partial charge in [0.15, 0.2) is 0 Å². The minimum Gasteiger partial charge on any atom is -0.316 e. The maximum Gasteiger partial charge on any atom is 0.120 e. The van der Waals surface area contributed by atoms with Gasteiger partial charge in [0.1, 0.15) is 6.29 Å². The molecule has 20 heavy (non-hydrogen) atoms. The first-order valence-electron chi connectivity index (χ1n) is 7.15. The van der Waals surface area contributed by atoms with Crippen LogP contribution in [0.15, 0.2) is 24.8 Å². The predicted molar refractivity (Wildman–Crippen MR) is 85.5 cm³/mol. The van der Waals surface area contributed by atoms with Crippen LogP contribution in [0.2, 0.25) is 0 Å². The second-order valence-corrected chi connectivity index (χ2v) is 5.28. The van der Waals surface area contributed by atoms with Gasteiger partial charge in [-0.1, -0.05) is 30.9 Å². The van der Waals surface area contributed by atoms with E-state index in [1.54, 1.807) is 0 Å². The summed E-state index contributed by atoms with van der Waals surface area (Å²) >= 11 is 0. The van der Waals surface area contributed by atoms with Gasteiger partial charge in [0.25, 0.3) is 0 Å². The summed E-state index contributed by atoms with van der Waals surface area (Å²) in [5.41, 5.74) is 3.74. The van der Waals surface area contributed by atoms with Crippen LogP contribution in [0.1, 0.15) is 36.5 Å². The zero-order chi connectivity index (χ0) is 15.0. The van der Waals surface area contributed by atoms with Crippen molar-refractivity contribution in [3.63, 3.8) is 0 Å². The molecule has 0 aliphatic carbocycles. The van der Waals surface area contributed by atoms with Gasteiger partial charge in [0.05, 0.1) is 0 Å². The summed E-state index contributed by atoms with van der Waals surface area (Å²) in [6.07, 6.45) is 4.43. The number of hydrogen-bond acceptors (Lipinski definition) is 3. The van der Waals surface area contributed by atoms with Crippen molar-refractivity contribution in [2.75, 3.05) is 14.1 Å². The molecule has 0 radical (unpaired) electrons. The van der Waals surface area contributed by atoms with Crippen LogP contribution in [0.4, 0.5) is 0 Å². The summed E-state index contributed by atoms with van der Waals surface area (Å²) in [5, 5.41) is 3.17. The molecule has 110 valence electrons. The highest BCUT2D eigenvalue weighted by Crippen LogP contribution is 2.17. The molecule has 0 spiro atoms. The lowest BCUT2D eigenvalue weighted by Crippen LogP contribution is -2.29. The predicted octanol–water partition coefficient (Wildman–Crippen LogP) is 2.85. The SMILES string of the molecule is C=Cc1ccc(CNC)cc1CN(C)C(C)CCC=O. The van der Waals surface area contributed by atoms with Crippen LogP contribution in [0.25, 0.3) is 6.08 Å². The Labute approximate surface area is 122 Å². The Balaban J connectivity index is 2.80. The van der Waals surface area contributed by atoms with Gasteiger partial charge >= 0.3 is 0 Å². The first-order valence-corrected chi connectivity index (χ1v) is 7.15. The first-order chi connectivity index (χ1) is 9.62. The van der Waals surface area contributed by atoms with E-state index in [1.165, 1.54) is 16.7 Å². The summed E-state index contributed by atoms with van der Waals surface area (Å²) in [7, 11) is 4.06. The number of aldehydes is 1. The van der Waals surface area contributed by atoms with Gasteiger partial charge < -0.3 is 10.1 Å². The molecule has 0 aliphatic heterocycles. The maximum absolute atomic E-state index is 10.5. The zero-order valence-electron chi connectivity index (χ0n) is 12.9. The molecular formula is C17H26N2O. The van der Waals surface area contributed by atoms with Crippen LogP contribution in [0.3, 0.4) is 0 Å². The highest BCUT2D eigenvalue weighted by molar-refractivity contribution is 5.53. The summed E-state index contributed by atoms with van der Waals surface area (Å²) in [4.78, 5) is 12.8. The quantitative estimate of drug-likeness (QED) is 0.703. The number of carbonyl (C=O) groups excluding carboxylic acids is 1. The van der Waals surface area contributed by atoms with E-state index in [4.69, 9.17) is 0 Å². The first kappa shape index (κ1) is 16.6. The molecule has 0 fully saturated rings. The van der Waals surface area contributed by atoms with Gasteiger partial charge in [0.2, 0.25) is 0 Å². The minimum absolute atomic E-state index is 0.394. The van der Waals surface area contributed by atoms with Crippen molar-refractivity contribution in [3.05, 3.63) is 41.5 Å². The molecule has 1 N–H and O–H groups in total. The van der Waals surface area contributed by atoms with Crippen molar-refractivity contribution in [2.45, 2.75) is 38.9 Å². The molecular weight excluding hydrogens is 248 g/mol. The second kappa shape index (κ2) is 8.67. The fraction of sp³-hybridized carbons (Fsp3) is 0.471. The van der Waals surface area contributed by atoms with Crippen LogP contribution in [0, 0.1) is 0 Å². The lowest BCUT2D eigenvalue weighted by molar-refractivity contribution is -0.108. The number of carbonyl (C=O) groups is 1. The molecule has 0 heterocycles. The normalized spacial score (nSPS) is 12.4. The average molecular weight is 274 g/mol. The largest absolute Gasteiger partial charge is 0.316 e. The van der Waals surface area contributed by atoms with Crippen molar-refractivity contribution < 1.29 is 4.79 Å². The summed E-state index contributed by atoms with van der Waals surface area (Å²) < 4.78 is 0. The van der Waals surface area contributed by atoms with Crippen LogP contribution in [-0.4, -0.2) is 31.3 Å². The molecule has 0 bridgehead atoms. The van der Waals surface area contributed by atoms with Gasteiger partial charge in [-0.15, -0.1) is 0 Å². The van der Waals surface area contributed by atoms with Crippen LogP contribution in [-0.2, 0) is 17.9 Å². The molecule has 3 nitrogen and oxygen atoms in total. The Bertz CT molecular complexity index is 443. The molecule has 3 heteroatoms. The van der Waals surface area contributed by atoms with E-state index < -0.39 is 0 Å². The molecule has 1 rings (SSSR count). The highest BCUT2D eigenvalue weighted by Gasteiger charge is 2.11. The zero-order valence-corrected chi connectivity index (χ0v) is 12.9. The van der Waals surface area contributed by atoms with E-state index in [9.17, 15) is 4.79 Å². The number of nitrogens with one attached hydrogen (secondary N) is 1. The van der Waals surface area contributed by atoms with Crippen LogP contribution in [0.5, 0.6) is 0 Å². The molecule has 0 amide bonds. The molecule has 0 aromatic heterocycles. The van der Waals surface area contributed by atoms with Crippen molar-refractivity contribution >= 4 is 12.4 Å². The van der Waals surface area contributed by atoms with Crippen LogP contribution < -0.4 is 5.32 Å². The van der Waals surface area contributed by atoms with Crippen LogP contribution >= 0.6 is 0 Å². The Hall–Kier alpha value is -1.45. The lowest BCUT2D eigenvalue weighted by Gasteiger charge is -2.25. The van der Waals surface area contributed by atoms with Gasteiger partial charge in [-0.2, -0.15) is 0 Å². The van der Waals surface area contributed by atoms with E-state index in [1.807, 2.05) is 13.1 Å². The summed E-state index contributed by atoms with van der Waals surface area (Å²) in [6.45, 7) is 7.79. The van der Waals surface area contributed by atoms with Gasteiger partial charge in [0, 0.05) is 25.6 Å². The van der Waals surface area contributed by atoms with Crippen molar-refractivity contribution in [1.82, 2.24) is 10.2 Å². The molecule has 1 atom stereocenters. The van der Waals surface area contributed by atoms with E-state index in [-0.39, 0.29) is 0 Å². The third kappa shape index (κ3) is 4.91. The molecule has 1 aromatic carbocycles. The molecule has 0 saturated carbocycles. The fourth-order valence-electron chi connectivity index (χ4n) is 2.26.